The number of allylic oxidation sites excluding steroid dienone is 10. The number of rotatable bonds is 0. The molecule has 0 bridgehead atoms. The van der Waals surface area contributed by atoms with Crippen LogP contribution in [0.1, 0.15) is 89.9 Å². The lowest BCUT2D eigenvalue weighted by Crippen LogP contribution is -1.85. The van der Waals surface area contributed by atoms with Gasteiger partial charge >= 0.3 is 0 Å². The van der Waals surface area contributed by atoms with Crippen LogP contribution in [0.3, 0.4) is 0 Å². The van der Waals surface area contributed by atoms with Gasteiger partial charge in [-0.15, -0.1) is 0 Å². The molecule has 6 rings (SSSR count). The van der Waals surface area contributed by atoms with Crippen LogP contribution in [0, 0.1) is 0 Å². The van der Waals surface area contributed by atoms with E-state index in [4.69, 9.17) is 0 Å². The number of hydrogen-bond acceptors (Lipinski definition) is 0. The summed E-state index contributed by atoms with van der Waals surface area (Å²) in [6.07, 6.45) is 41.0. The van der Waals surface area contributed by atoms with Gasteiger partial charge in [0.05, 0.1) is 0 Å². The van der Waals surface area contributed by atoms with Gasteiger partial charge in [0.15, 0.2) is 0 Å². The van der Waals surface area contributed by atoms with E-state index >= 15 is 0 Å². The number of benzene rings is 2. The molecular weight excluding hydrogens is 432 g/mol. The molecule has 0 heteroatoms. The molecule has 0 aromatic heterocycles. The van der Waals surface area contributed by atoms with E-state index in [0.29, 0.717) is 0 Å². The van der Waals surface area contributed by atoms with Crippen LogP contribution in [0.2, 0.25) is 0 Å². The molecule has 1 saturated carbocycles. The van der Waals surface area contributed by atoms with Crippen molar-refractivity contribution in [2.24, 2.45) is 0 Å². The molecule has 0 nitrogen and oxygen atoms in total. The van der Waals surface area contributed by atoms with Gasteiger partial charge in [-0.1, -0.05) is 172 Å². The van der Waals surface area contributed by atoms with Gasteiger partial charge in [-0.3, -0.25) is 0 Å². The first-order valence-electron chi connectivity index (χ1n) is 14.3. The van der Waals surface area contributed by atoms with Crippen LogP contribution < -0.4 is 0 Å². The second-order valence-electron chi connectivity index (χ2n) is 9.03. The average molecular weight is 483 g/mol. The standard InChI is InChI=1S/C6H12.C6H10.2C6H8.2C6H6/c6*1-2-4-6-5-3-1/h1-6H2;1-2H,3-6H2;1-2,5-6H,3-4H2;1-4H,5-6H2;2*1-6H. The third kappa shape index (κ3) is 25.8. The molecule has 4 aliphatic carbocycles. The highest BCUT2D eigenvalue weighted by molar-refractivity contribution is 5.07. The topological polar surface area (TPSA) is 0 Å². The van der Waals surface area contributed by atoms with E-state index in [9.17, 15) is 0 Å². The molecule has 36 heavy (non-hydrogen) atoms. The largest absolute Gasteiger partial charge is 0.0885 e. The monoisotopic (exact) mass is 482 g/mol. The zero-order valence-electron chi connectivity index (χ0n) is 22.6. The lowest BCUT2D eigenvalue weighted by molar-refractivity contribution is 0.504. The Hall–Kier alpha value is -2.86. The average Bonchev–Trinajstić information content (AvgIpc) is 3.04. The van der Waals surface area contributed by atoms with E-state index in [2.05, 4.69) is 60.8 Å². The van der Waals surface area contributed by atoms with Crippen LogP contribution in [0.5, 0.6) is 0 Å². The molecule has 4 aliphatic rings. The smallest absolute Gasteiger partial charge is 0.0169 e. The first-order valence-corrected chi connectivity index (χ1v) is 14.3. The zero-order valence-corrected chi connectivity index (χ0v) is 22.6. The number of hydrogen-bond donors (Lipinski definition) is 0. The molecule has 2 aromatic carbocycles. The summed E-state index contributed by atoms with van der Waals surface area (Å²) in [5.74, 6) is 0. The minimum Gasteiger partial charge on any atom is -0.0885 e. The molecule has 0 spiro atoms. The molecule has 0 heterocycles. The van der Waals surface area contributed by atoms with Gasteiger partial charge in [0.2, 0.25) is 0 Å². The van der Waals surface area contributed by atoms with Gasteiger partial charge in [-0.2, -0.15) is 0 Å². The Kier molecular flexibility index (Phi) is 24.6. The Bertz CT molecular complexity index is 649. The van der Waals surface area contributed by atoms with Crippen molar-refractivity contribution < 1.29 is 0 Å². The van der Waals surface area contributed by atoms with E-state index in [1.807, 2.05) is 72.8 Å². The fourth-order valence-corrected chi connectivity index (χ4v) is 3.67. The van der Waals surface area contributed by atoms with Crippen molar-refractivity contribution in [3.63, 3.8) is 0 Å². The van der Waals surface area contributed by atoms with E-state index < -0.39 is 0 Å². The molecule has 0 aliphatic heterocycles. The molecule has 0 amide bonds. The fraction of sp³-hybridized carbons (Fsp3) is 0.389. The SMILES string of the molecule is C1=CCC=CC1.C1=CCCC=C1.C1=CCCCC1.C1CCCCC1.c1ccccc1.c1ccccc1. The van der Waals surface area contributed by atoms with Crippen molar-refractivity contribution in [1.82, 2.24) is 0 Å². The molecule has 0 N–H and O–H groups in total. The highest BCUT2D eigenvalue weighted by Crippen LogP contribution is 2.15. The fourth-order valence-electron chi connectivity index (χ4n) is 3.67. The molecule has 1 fully saturated rings. The summed E-state index contributed by atoms with van der Waals surface area (Å²) in [6, 6.07) is 24.0. The van der Waals surface area contributed by atoms with Gasteiger partial charge < -0.3 is 0 Å². The molecular formula is C36H50. The maximum atomic E-state index is 2.27. The third-order valence-corrected chi connectivity index (χ3v) is 5.75. The molecule has 0 unspecified atom stereocenters. The van der Waals surface area contributed by atoms with E-state index in [-0.39, 0.29) is 0 Å². The Labute approximate surface area is 223 Å². The van der Waals surface area contributed by atoms with Gasteiger partial charge in [-0.05, 0) is 51.4 Å². The quantitative estimate of drug-likeness (QED) is 0.327. The van der Waals surface area contributed by atoms with Gasteiger partial charge in [-0.25, -0.2) is 0 Å². The molecule has 2 aromatic rings. The van der Waals surface area contributed by atoms with Crippen LogP contribution in [-0.4, -0.2) is 0 Å². The Morgan fingerprint density at radius 3 is 0.639 bits per heavy atom. The maximum Gasteiger partial charge on any atom is -0.0169 e. The lowest BCUT2D eigenvalue weighted by atomic mass is 10.0. The summed E-state index contributed by atoms with van der Waals surface area (Å²) in [5, 5.41) is 0. The summed E-state index contributed by atoms with van der Waals surface area (Å²) < 4.78 is 0. The maximum absolute atomic E-state index is 2.27. The van der Waals surface area contributed by atoms with Crippen molar-refractivity contribution in [3.05, 3.63) is 134 Å². The van der Waals surface area contributed by atoms with Gasteiger partial charge in [0, 0.05) is 0 Å². The Balaban J connectivity index is 0.000000216. The first-order chi connectivity index (χ1) is 18.0. The molecule has 0 atom stereocenters. The normalized spacial score (nSPS) is 16.4. The summed E-state index contributed by atoms with van der Waals surface area (Å²) in [6.45, 7) is 0. The van der Waals surface area contributed by atoms with Crippen LogP contribution in [-0.2, 0) is 0 Å². The third-order valence-electron chi connectivity index (χ3n) is 5.75. The predicted molar refractivity (Wildman–Crippen MR) is 163 cm³/mol. The van der Waals surface area contributed by atoms with Crippen molar-refractivity contribution in [3.8, 4) is 0 Å². The van der Waals surface area contributed by atoms with Crippen molar-refractivity contribution >= 4 is 0 Å². The summed E-state index contributed by atoms with van der Waals surface area (Å²) >= 11 is 0. The molecule has 0 radical (unpaired) electrons. The van der Waals surface area contributed by atoms with Crippen molar-refractivity contribution in [2.75, 3.05) is 0 Å². The van der Waals surface area contributed by atoms with Crippen molar-refractivity contribution in [1.29, 1.82) is 0 Å². The van der Waals surface area contributed by atoms with Crippen LogP contribution in [0.4, 0.5) is 0 Å². The summed E-state index contributed by atoms with van der Waals surface area (Å²) in [7, 11) is 0. The minimum absolute atomic E-state index is 1.14. The summed E-state index contributed by atoms with van der Waals surface area (Å²) in [4.78, 5) is 0. The van der Waals surface area contributed by atoms with Crippen molar-refractivity contribution in [2.45, 2.75) is 89.9 Å². The van der Waals surface area contributed by atoms with Crippen LogP contribution in [0.25, 0.3) is 0 Å². The Morgan fingerprint density at radius 2 is 0.500 bits per heavy atom. The molecule has 194 valence electrons. The summed E-state index contributed by atoms with van der Waals surface area (Å²) in [5.41, 5.74) is 0. The van der Waals surface area contributed by atoms with Gasteiger partial charge in [0.1, 0.15) is 0 Å². The van der Waals surface area contributed by atoms with Crippen LogP contribution in [0.15, 0.2) is 134 Å². The lowest BCUT2D eigenvalue weighted by Gasteiger charge is -2.05. The predicted octanol–water partition coefficient (Wildman–Crippen LogP) is 11.6. The minimum atomic E-state index is 1.14. The van der Waals surface area contributed by atoms with E-state index in [1.165, 1.54) is 77.0 Å². The Morgan fingerprint density at radius 1 is 0.222 bits per heavy atom. The zero-order chi connectivity index (χ0) is 25.5. The highest BCUT2D eigenvalue weighted by atomic mass is 14.0. The van der Waals surface area contributed by atoms with E-state index in [0.717, 1.165) is 12.8 Å². The second-order valence-corrected chi connectivity index (χ2v) is 9.03. The first kappa shape index (κ1) is 31.2. The van der Waals surface area contributed by atoms with E-state index in [1.54, 1.807) is 0 Å². The molecule has 0 saturated heterocycles. The van der Waals surface area contributed by atoms with Crippen LogP contribution >= 0.6 is 0 Å². The highest BCUT2D eigenvalue weighted by Gasteiger charge is 1.95. The second kappa shape index (κ2) is 28.4. The van der Waals surface area contributed by atoms with Gasteiger partial charge in [0.25, 0.3) is 0 Å².